The molecule has 0 aliphatic carbocycles. The zero-order valence-electron chi connectivity index (χ0n) is 16.3. The van der Waals surface area contributed by atoms with Crippen LogP contribution in [0.4, 0.5) is 4.79 Å². The van der Waals surface area contributed by atoms with Crippen molar-refractivity contribution < 1.29 is 19.1 Å². The van der Waals surface area contributed by atoms with Gasteiger partial charge in [-0.25, -0.2) is 4.79 Å². The summed E-state index contributed by atoms with van der Waals surface area (Å²) in [6.45, 7) is 0.111. The maximum Gasteiger partial charge on any atom is 0.408 e. The van der Waals surface area contributed by atoms with E-state index < -0.39 is 17.9 Å². The molecule has 1 aliphatic heterocycles. The Morgan fingerprint density at radius 3 is 2.03 bits per heavy atom. The summed E-state index contributed by atoms with van der Waals surface area (Å²) in [6.07, 6.45) is -1.12. The van der Waals surface area contributed by atoms with E-state index in [4.69, 9.17) is 9.47 Å². The van der Waals surface area contributed by atoms with Crippen molar-refractivity contribution >= 4 is 12.0 Å². The zero-order valence-corrected chi connectivity index (χ0v) is 16.3. The molecule has 152 valence electrons. The summed E-state index contributed by atoms with van der Waals surface area (Å²) in [5.74, 6) is 0.281. The average Bonchev–Trinajstić information content (AvgIpc) is 2.79. The second kappa shape index (κ2) is 8.69. The lowest BCUT2D eigenvalue weighted by Crippen LogP contribution is -2.81. The minimum atomic E-state index is -1.27. The fourth-order valence-corrected chi connectivity index (χ4v) is 3.38. The monoisotopic (exact) mass is 402 g/mol. The molecule has 2 atom stereocenters. The average molecular weight is 402 g/mol. The number of β-lactam (4-membered cyclic amide) rings is 1. The van der Waals surface area contributed by atoms with Crippen LogP contribution in [-0.4, -0.2) is 23.8 Å². The van der Waals surface area contributed by atoms with Crippen molar-refractivity contribution in [2.24, 2.45) is 0 Å². The molecule has 3 aromatic rings. The van der Waals surface area contributed by atoms with Gasteiger partial charge in [0.15, 0.2) is 5.54 Å². The smallest absolute Gasteiger partial charge is 0.408 e. The number of amides is 2. The predicted octanol–water partition coefficient (Wildman–Crippen LogP) is 3.43. The lowest BCUT2D eigenvalue weighted by Gasteiger charge is -2.47. The number of benzene rings is 3. The Morgan fingerprint density at radius 1 is 0.867 bits per heavy atom. The summed E-state index contributed by atoms with van der Waals surface area (Å²) >= 11 is 0. The van der Waals surface area contributed by atoms with E-state index >= 15 is 0 Å². The third-order valence-electron chi connectivity index (χ3n) is 4.98. The molecule has 0 saturated carbocycles. The van der Waals surface area contributed by atoms with Crippen LogP contribution in [0, 0.1) is 0 Å². The van der Waals surface area contributed by atoms with Gasteiger partial charge in [0, 0.05) is 6.42 Å². The van der Waals surface area contributed by atoms with Crippen LogP contribution in [0.3, 0.4) is 0 Å². The van der Waals surface area contributed by atoms with Crippen LogP contribution in [0.1, 0.15) is 11.1 Å². The van der Waals surface area contributed by atoms with Gasteiger partial charge in [-0.2, -0.15) is 0 Å². The van der Waals surface area contributed by atoms with E-state index in [9.17, 15) is 9.59 Å². The highest BCUT2D eigenvalue weighted by atomic mass is 16.6. The molecule has 2 amide bonds. The molecule has 4 rings (SSSR count). The molecule has 0 spiro atoms. The Morgan fingerprint density at radius 2 is 1.43 bits per heavy atom. The third kappa shape index (κ3) is 4.27. The van der Waals surface area contributed by atoms with Crippen molar-refractivity contribution in [2.45, 2.75) is 24.8 Å². The van der Waals surface area contributed by atoms with Gasteiger partial charge >= 0.3 is 6.09 Å². The highest BCUT2D eigenvalue weighted by Gasteiger charge is 2.58. The Hall–Kier alpha value is -3.80. The number of carbonyl (C=O) groups excluding carboxylic acids is 2. The summed E-state index contributed by atoms with van der Waals surface area (Å²) in [7, 11) is 0. The maximum absolute atomic E-state index is 12.7. The molecule has 2 unspecified atom stereocenters. The molecule has 0 radical (unpaired) electrons. The molecule has 30 heavy (non-hydrogen) atoms. The number of alkyl carbamates (subject to hydrolysis) is 1. The van der Waals surface area contributed by atoms with Gasteiger partial charge in [0.25, 0.3) is 5.91 Å². The SMILES string of the molecule is O=C(NC1(Cc2ccccc2)C(=O)NC1Oc1ccccc1)OCc1ccccc1. The summed E-state index contributed by atoms with van der Waals surface area (Å²) in [5, 5.41) is 5.52. The number of rotatable bonds is 7. The van der Waals surface area contributed by atoms with Crippen LogP contribution in [-0.2, 0) is 22.6 Å². The predicted molar refractivity (Wildman–Crippen MR) is 112 cm³/mol. The van der Waals surface area contributed by atoms with Gasteiger partial charge in [0.05, 0.1) is 0 Å². The summed E-state index contributed by atoms with van der Waals surface area (Å²) in [4.78, 5) is 25.3. The molecule has 6 heteroatoms. The molecular weight excluding hydrogens is 380 g/mol. The molecule has 2 N–H and O–H groups in total. The Balaban J connectivity index is 1.52. The summed E-state index contributed by atoms with van der Waals surface area (Å²) < 4.78 is 11.3. The quantitative estimate of drug-likeness (QED) is 0.594. The van der Waals surface area contributed by atoms with Gasteiger partial charge in [0.1, 0.15) is 12.4 Å². The second-order valence-corrected chi connectivity index (χ2v) is 7.10. The first kappa shape index (κ1) is 19.5. The molecule has 1 aliphatic rings. The molecule has 1 saturated heterocycles. The third-order valence-corrected chi connectivity index (χ3v) is 4.98. The Kier molecular flexibility index (Phi) is 5.66. The van der Waals surface area contributed by atoms with Gasteiger partial charge in [-0.1, -0.05) is 78.9 Å². The maximum atomic E-state index is 12.7. The molecule has 0 bridgehead atoms. The molecule has 1 fully saturated rings. The zero-order chi connectivity index (χ0) is 20.8. The highest BCUT2D eigenvalue weighted by Crippen LogP contribution is 2.29. The van der Waals surface area contributed by atoms with E-state index in [-0.39, 0.29) is 18.9 Å². The standard InChI is InChI=1S/C24H22N2O4/c27-21-24(16-18-10-4-1-5-11-18,22(25-21)30-20-14-8-3-9-15-20)26-23(28)29-17-19-12-6-2-7-13-19/h1-15,22H,16-17H2,(H,25,27)(H,26,28). The molecular formula is C24H22N2O4. The number of ether oxygens (including phenoxy) is 2. The van der Waals surface area contributed by atoms with Gasteiger partial charge < -0.3 is 20.1 Å². The van der Waals surface area contributed by atoms with Crippen LogP contribution >= 0.6 is 0 Å². The summed E-state index contributed by atoms with van der Waals surface area (Å²) in [6, 6.07) is 28.0. The fraction of sp³-hybridized carbons (Fsp3) is 0.167. The van der Waals surface area contributed by atoms with Gasteiger partial charge in [-0.05, 0) is 23.3 Å². The van der Waals surface area contributed by atoms with E-state index in [1.54, 1.807) is 12.1 Å². The van der Waals surface area contributed by atoms with Crippen molar-refractivity contribution in [2.75, 3.05) is 0 Å². The first-order valence-electron chi connectivity index (χ1n) is 9.71. The van der Waals surface area contributed by atoms with Crippen LogP contribution < -0.4 is 15.4 Å². The van der Waals surface area contributed by atoms with E-state index in [0.717, 1.165) is 11.1 Å². The van der Waals surface area contributed by atoms with E-state index in [0.29, 0.717) is 5.75 Å². The normalized spacial score (nSPS) is 19.9. The minimum Gasteiger partial charge on any atom is -0.468 e. The molecule has 0 aromatic heterocycles. The van der Waals surface area contributed by atoms with Crippen molar-refractivity contribution in [3.05, 3.63) is 102 Å². The molecule has 6 nitrogen and oxygen atoms in total. The van der Waals surface area contributed by atoms with E-state index in [1.807, 2.05) is 78.9 Å². The van der Waals surface area contributed by atoms with E-state index in [2.05, 4.69) is 10.6 Å². The lowest BCUT2D eigenvalue weighted by molar-refractivity contribution is -0.150. The molecule has 3 aromatic carbocycles. The van der Waals surface area contributed by atoms with Crippen molar-refractivity contribution in [3.8, 4) is 5.75 Å². The van der Waals surface area contributed by atoms with Gasteiger partial charge in [-0.3, -0.25) is 4.79 Å². The number of hydrogen-bond donors (Lipinski definition) is 2. The van der Waals surface area contributed by atoms with Crippen LogP contribution in [0.15, 0.2) is 91.0 Å². The molecule has 1 heterocycles. The first-order valence-corrected chi connectivity index (χ1v) is 9.71. The minimum absolute atomic E-state index is 0.111. The highest BCUT2D eigenvalue weighted by molar-refractivity contribution is 5.97. The topological polar surface area (TPSA) is 76.7 Å². The second-order valence-electron chi connectivity index (χ2n) is 7.10. The van der Waals surface area contributed by atoms with E-state index in [1.165, 1.54) is 0 Å². The van der Waals surface area contributed by atoms with Crippen molar-refractivity contribution in [1.29, 1.82) is 0 Å². The van der Waals surface area contributed by atoms with Crippen molar-refractivity contribution in [1.82, 2.24) is 10.6 Å². The van der Waals surface area contributed by atoms with Crippen LogP contribution in [0.5, 0.6) is 5.75 Å². The van der Waals surface area contributed by atoms with Gasteiger partial charge in [0.2, 0.25) is 6.23 Å². The Labute approximate surface area is 174 Å². The number of para-hydroxylation sites is 1. The van der Waals surface area contributed by atoms with Crippen LogP contribution in [0.2, 0.25) is 0 Å². The number of nitrogens with one attached hydrogen (secondary N) is 2. The number of hydrogen-bond acceptors (Lipinski definition) is 4. The van der Waals surface area contributed by atoms with Gasteiger partial charge in [-0.15, -0.1) is 0 Å². The summed E-state index contributed by atoms with van der Waals surface area (Å²) in [5.41, 5.74) is 0.489. The largest absolute Gasteiger partial charge is 0.468 e. The van der Waals surface area contributed by atoms with Crippen LogP contribution in [0.25, 0.3) is 0 Å². The fourth-order valence-electron chi connectivity index (χ4n) is 3.38. The Bertz CT molecular complexity index is 995. The number of carbonyl (C=O) groups is 2. The lowest BCUT2D eigenvalue weighted by atomic mass is 9.82. The first-order chi connectivity index (χ1) is 14.7. The van der Waals surface area contributed by atoms with Crippen molar-refractivity contribution in [3.63, 3.8) is 0 Å².